The highest BCUT2D eigenvalue weighted by Gasteiger charge is 2.36. The molecular formula is C26H36O13. The first-order valence-electron chi connectivity index (χ1n) is 12.0. The molecule has 0 heterocycles. The number of aliphatic carboxylic acids is 3. The number of aliphatic hydroxyl groups excluding tert-OH is 1. The van der Waals surface area contributed by atoms with Crippen LogP contribution < -0.4 is 0 Å². The largest absolute Gasteiger partial charge is 0.481 e. The second-order valence-corrected chi connectivity index (χ2v) is 8.94. The van der Waals surface area contributed by atoms with Gasteiger partial charge in [-0.25, -0.2) is 14.4 Å². The van der Waals surface area contributed by atoms with Gasteiger partial charge in [0, 0.05) is 36.0 Å². The summed E-state index contributed by atoms with van der Waals surface area (Å²) in [6, 6.07) is 0. The van der Waals surface area contributed by atoms with E-state index in [0.29, 0.717) is 0 Å². The van der Waals surface area contributed by atoms with E-state index in [1.807, 2.05) is 0 Å². The second kappa shape index (κ2) is 18.3. The first-order valence-corrected chi connectivity index (χ1v) is 12.0. The van der Waals surface area contributed by atoms with E-state index in [2.05, 4.69) is 19.7 Å². The van der Waals surface area contributed by atoms with Crippen molar-refractivity contribution in [1.29, 1.82) is 0 Å². The molecule has 0 rings (SSSR count). The van der Waals surface area contributed by atoms with E-state index in [9.17, 15) is 33.9 Å². The summed E-state index contributed by atoms with van der Waals surface area (Å²) < 4.78 is 15.5. The number of esters is 3. The molecule has 0 aromatic carbocycles. The van der Waals surface area contributed by atoms with E-state index in [-0.39, 0.29) is 74.5 Å². The third kappa shape index (κ3) is 15.8. The highest BCUT2D eigenvalue weighted by molar-refractivity contribution is 5.89. The molecule has 4 N–H and O–H groups in total. The highest BCUT2D eigenvalue weighted by atomic mass is 16.6. The van der Waals surface area contributed by atoms with Gasteiger partial charge in [-0.3, -0.25) is 14.4 Å². The molecule has 39 heavy (non-hydrogen) atoms. The fourth-order valence-corrected chi connectivity index (χ4v) is 2.89. The molecule has 218 valence electrons. The smallest absolute Gasteiger partial charge is 0.333 e. The predicted molar refractivity (Wildman–Crippen MR) is 134 cm³/mol. The lowest BCUT2D eigenvalue weighted by molar-refractivity contribution is -0.161. The summed E-state index contributed by atoms with van der Waals surface area (Å²) >= 11 is 0. The Bertz CT molecular complexity index is 831. The molecule has 0 aliphatic carbocycles. The quantitative estimate of drug-likeness (QED) is 0.0855. The number of aliphatic hydroxyl groups is 1. The Morgan fingerprint density at radius 3 is 0.974 bits per heavy atom. The predicted octanol–water partition coefficient (Wildman–Crippen LogP) is 2.03. The van der Waals surface area contributed by atoms with Gasteiger partial charge in [0.2, 0.25) is 0 Å². The van der Waals surface area contributed by atoms with E-state index in [1.54, 1.807) is 0 Å². The van der Waals surface area contributed by atoms with E-state index in [0.717, 1.165) is 0 Å². The molecule has 0 atom stereocenters. The zero-order valence-electron chi connectivity index (χ0n) is 21.8. The molecule has 0 aliphatic rings. The standard InChI is InChI=1S/C26H36O13/c1-17(7-4-10-20(28)29)23(34)37-14-26(13-27,15-38-24(35)18(2)8-5-11-21(30)31)16-39-25(36)19(3)9-6-12-22(32)33/h27H,1-16H2,(H,28,29)(H,30,31)(H,32,33). The van der Waals surface area contributed by atoms with E-state index in [1.165, 1.54) is 0 Å². The SMILES string of the molecule is C=C(CCCC(=O)O)C(=O)OCC(CO)(COC(=O)C(=C)CCCC(=O)O)COC(=O)C(=C)CCCC(=O)O. The van der Waals surface area contributed by atoms with Crippen LogP contribution in [0.1, 0.15) is 57.8 Å². The fraction of sp³-hybridized carbons (Fsp3) is 0.538. The summed E-state index contributed by atoms with van der Waals surface area (Å²) in [6.07, 6.45) is -0.0516. The molecule has 0 spiro atoms. The molecule has 0 unspecified atom stereocenters. The van der Waals surface area contributed by atoms with Crippen LogP contribution in [0.3, 0.4) is 0 Å². The Balaban J connectivity index is 5.33. The third-order valence-electron chi connectivity index (χ3n) is 5.34. The third-order valence-corrected chi connectivity index (χ3v) is 5.34. The Kier molecular flexibility index (Phi) is 16.4. The van der Waals surface area contributed by atoms with Gasteiger partial charge >= 0.3 is 35.8 Å². The minimum Gasteiger partial charge on any atom is -0.481 e. The van der Waals surface area contributed by atoms with Crippen molar-refractivity contribution in [2.45, 2.75) is 57.8 Å². The van der Waals surface area contributed by atoms with Crippen molar-refractivity contribution in [3.8, 4) is 0 Å². The minimum absolute atomic E-state index is 0.0318. The summed E-state index contributed by atoms with van der Waals surface area (Å²) in [5.41, 5.74) is -1.72. The van der Waals surface area contributed by atoms with E-state index >= 15 is 0 Å². The molecule has 13 nitrogen and oxygen atoms in total. The molecule has 0 amide bonds. The Labute approximate surface area is 225 Å². The maximum atomic E-state index is 12.3. The van der Waals surface area contributed by atoms with Crippen LogP contribution in [0.5, 0.6) is 0 Å². The average molecular weight is 557 g/mol. The molecular weight excluding hydrogens is 520 g/mol. The maximum Gasteiger partial charge on any atom is 0.333 e. The number of hydrogen-bond donors (Lipinski definition) is 4. The average Bonchev–Trinajstić information content (AvgIpc) is 2.86. The van der Waals surface area contributed by atoms with Gasteiger partial charge in [-0.2, -0.15) is 0 Å². The van der Waals surface area contributed by atoms with Crippen molar-refractivity contribution < 1.29 is 63.4 Å². The van der Waals surface area contributed by atoms with Crippen LogP contribution in [0.15, 0.2) is 36.5 Å². The van der Waals surface area contributed by atoms with Crippen LogP contribution in [-0.4, -0.2) is 82.7 Å². The number of carboxylic acid groups (broad SMARTS) is 3. The number of rotatable bonds is 22. The maximum absolute atomic E-state index is 12.3. The topological polar surface area (TPSA) is 211 Å². The fourth-order valence-electron chi connectivity index (χ4n) is 2.89. The van der Waals surface area contributed by atoms with Gasteiger partial charge < -0.3 is 34.6 Å². The van der Waals surface area contributed by atoms with Gasteiger partial charge in [0.25, 0.3) is 0 Å². The second-order valence-electron chi connectivity index (χ2n) is 8.94. The van der Waals surface area contributed by atoms with Crippen LogP contribution in [0, 0.1) is 5.41 Å². The number of carboxylic acids is 3. The zero-order valence-corrected chi connectivity index (χ0v) is 21.8. The van der Waals surface area contributed by atoms with Gasteiger partial charge in [0.15, 0.2) is 0 Å². The van der Waals surface area contributed by atoms with Crippen molar-refractivity contribution in [3.63, 3.8) is 0 Å². The molecule has 0 aliphatic heterocycles. The van der Waals surface area contributed by atoms with Crippen LogP contribution in [-0.2, 0) is 43.0 Å². The molecule has 0 fully saturated rings. The van der Waals surface area contributed by atoms with Gasteiger partial charge in [-0.05, 0) is 38.5 Å². The molecule has 0 aromatic heterocycles. The monoisotopic (exact) mass is 556 g/mol. The van der Waals surface area contributed by atoms with Crippen molar-refractivity contribution in [1.82, 2.24) is 0 Å². The lowest BCUT2D eigenvalue weighted by atomic mass is 9.92. The van der Waals surface area contributed by atoms with Crippen molar-refractivity contribution in [2.24, 2.45) is 5.41 Å². The first kappa shape index (κ1) is 35.0. The number of ether oxygens (including phenoxy) is 3. The normalized spacial score (nSPS) is 10.7. The van der Waals surface area contributed by atoms with Crippen LogP contribution in [0.2, 0.25) is 0 Å². The summed E-state index contributed by atoms with van der Waals surface area (Å²) in [6.45, 7) is 8.11. The summed E-state index contributed by atoms with van der Waals surface area (Å²) in [7, 11) is 0. The molecule has 0 radical (unpaired) electrons. The first-order chi connectivity index (χ1) is 18.2. The minimum atomic E-state index is -1.62. The molecule has 0 saturated heterocycles. The molecule has 0 bridgehead atoms. The Morgan fingerprint density at radius 2 is 0.769 bits per heavy atom. The Morgan fingerprint density at radius 1 is 0.513 bits per heavy atom. The molecule has 0 saturated carbocycles. The number of hydrogen-bond acceptors (Lipinski definition) is 10. The molecule has 13 heteroatoms. The van der Waals surface area contributed by atoms with Gasteiger partial charge in [-0.15, -0.1) is 0 Å². The summed E-state index contributed by atoms with van der Waals surface area (Å²) in [5, 5.41) is 36.2. The van der Waals surface area contributed by atoms with Gasteiger partial charge in [-0.1, -0.05) is 19.7 Å². The Hall–Kier alpha value is -4.00. The number of carbonyl (C=O) groups excluding carboxylic acids is 3. The lowest BCUT2D eigenvalue weighted by Crippen LogP contribution is -2.43. The highest BCUT2D eigenvalue weighted by Crippen LogP contribution is 2.22. The number of carbonyl (C=O) groups is 6. The van der Waals surface area contributed by atoms with Crippen LogP contribution in [0.25, 0.3) is 0 Å². The van der Waals surface area contributed by atoms with Gasteiger partial charge in [0.05, 0.1) is 12.0 Å². The van der Waals surface area contributed by atoms with Crippen molar-refractivity contribution >= 4 is 35.8 Å². The van der Waals surface area contributed by atoms with Gasteiger partial charge in [0.1, 0.15) is 19.8 Å². The lowest BCUT2D eigenvalue weighted by Gasteiger charge is -2.30. The van der Waals surface area contributed by atoms with Crippen LogP contribution >= 0.6 is 0 Å². The van der Waals surface area contributed by atoms with Crippen molar-refractivity contribution in [2.75, 3.05) is 26.4 Å². The summed E-state index contributed by atoms with van der Waals surface area (Å²) in [5.74, 6) is -5.83. The van der Waals surface area contributed by atoms with Crippen LogP contribution in [0.4, 0.5) is 0 Å². The molecule has 0 aromatic rings. The van der Waals surface area contributed by atoms with Crippen molar-refractivity contribution in [3.05, 3.63) is 36.5 Å². The van der Waals surface area contributed by atoms with E-state index < -0.39 is 67.7 Å². The summed E-state index contributed by atoms with van der Waals surface area (Å²) in [4.78, 5) is 68.9. The zero-order chi connectivity index (χ0) is 30.0. The van der Waals surface area contributed by atoms with E-state index in [4.69, 9.17) is 29.5 Å².